The second kappa shape index (κ2) is 63.8. The van der Waals surface area contributed by atoms with Crippen LogP contribution in [0.3, 0.4) is 0 Å². The predicted molar refractivity (Wildman–Crippen MR) is 314 cm³/mol. The van der Waals surface area contributed by atoms with Crippen molar-refractivity contribution in [1.82, 2.24) is 0 Å². The van der Waals surface area contributed by atoms with E-state index in [1.54, 1.807) is 0 Å². The molecule has 0 aromatic carbocycles. The Morgan fingerprint density at radius 1 is 0.195 bits per heavy atom. The van der Waals surface area contributed by atoms with Crippen LogP contribution in [0.1, 0.15) is 387 Å². The molecule has 0 aliphatic heterocycles. The molecule has 464 valence electrons. The van der Waals surface area contributed by atoms with Crippen molar-refractivity contribution in [3.8, 4) is 0 Å². The van der Waals surface area contributed by atoms with Gasteiger partial charge in [0.1, 0.15) is 0 Å². The van der Waals surface area contributed by atoms with Crippen molar-refractivity contribution in [3.05, 3.63) is 0 Å². The molecule has 0 heterocycles. The minimum Gasteiger partial charge on any atom is -0.0654 e. The molecule has 0 aliphatic carbocycles. The van der Waals surface area contributed by atoms with E-state index in [4.69, 9.17) is 33.4 Å². The van der Waals surface area contributed by atoms with E-state index >= 15 is 0 Å². The maximum absolute atomic E-state index is 10.9. The van der Waals surface area contributed by atoms with Gasteiger partial charge in [0, 0.05) is 0 Å². The first-order valence-corrected chi connectivity index (χ1v) is 36.5. The summed E-state index contributed by atoms with van der Waals surface area (Å²) in [6, 6.07) is 0. The van der Waals surface area contributed by atoms with Gasteiger partial charge in [0.05, 0.1) is 0 Å². The van der Waals surface area contributed by atoms with E-state index in [0.717, 1.165) is 77.0 Å². The molecule has 0 aromatic heterocycles. The fraction of sp³-hybridized carbons (Fsp3) is 1.00. The van der Waals surface area contributed by atoms with Crippen molar-refractivity contribution < 1.29 is 72.0 Å². The summed E-state index contributed by atoms with van der Waals surface area (Å²) in [5.41, 5.74) is 0. The van der Waals surface area contributed by atoms with E-state index in [-0.39, 0.29) is 25.7 Å². The zero-order valence-corrected chi connectivity index (χ0v) is 53.0. The monoisotopic (exact) mass is 1140 g/mol. The molecular formula is C64H132O12Ti. The Labute approximate surface area is 482 Å². The Balaban J connectivity index is 5.40. The van der Waals surface area contributed by atoms with Gasteiger partial charge in [-0.05, 0) is 0 Å². The Morgan fingerprint density at radius 3 is 0.442 bits per heavy atom. The van der Waals surface area contributed by atoms with Gasteiger partial charge in [-0.25, -0.2) is 0 Å². The van der Waals surface area contributed by atoms with Gasteiger partial charge < -0.3 is 0 Å². The summed E-state index contributed by atoms with van der Waals surface area (Å²) in [7, 11) is 0. The average molecular weight is 1140 g/mol. The van der Waals surface area contributed by atoms with E-state index in [1.807, 2.05) is 0 Å². The third-order valence-electron chi connectivity index (χ3n) is 15.3. The summed E-state index contributed by atoms with van der Waals surface area (Å²) in [5.74, 6) is 0. The van der Waals surface area contributed by atoms with Crippen LogP contribution in [-0.4, -0.2) is 45.6 Å². The first kappa shape index (κ1) is 77.2. The van der Waals surface area contributed by atoms with Crippen LogP contribution in [0.25, 0.3) is 0 Å². The zero-order valence-electron chi connectivity index (χ0n) is 51.5. The summed E-state index contributed by atoms with van der Waals surface area (Å²) in [4.78, 5) is 21.7. The summed E-state index contributed by atoms with van der Waals surface area (Å²) in [5, 5.41) is 43.7. The fourth-order valence-corrected chi connectivity index (χ4v) is 11.8. The molecule has 0 aliphatic rings. The van der Waals surface area contributed by atoms with Crippen LogP contribution in [0.4, 0.5) is 0 Å². The normalized spacial score (nSPS) is 14.3. The molecule has 0 spiro atoms. The average Bonchev–Trinajstić information content (AvgIpc) is 3.43. The van der Waals surface area contributed by atoms with Gasteiger partial charge in [-0.1, -0.05) is 156 Å². The Hall–Kier alpha value is 0.234. The van der Waals surface area contributed by atoms with Gasteiger partial charge in [-0.3, -0.25) is 0 Å². The summed E-state index contributed by atoms with van der Waals surface area (Å²) >= 11 is -5.61. The van der Waals surface area contributed by atoms with Crippen LogP contribution >= 0.6 is 0 Å². The van der Waals surface area contributed by atoms with E-state index < -0.39 is 43.3 Å². The van der Waals surface area contributed by atoms with Crippen molar-refractivity contribution in [2.45, 2.75) is 412 Å². The second-order valence-electron chi connectivity index (χ2n) is 23.2. The standard InChI is InChI=1S/4C16H34O3.Ti/c4*1-2-3-4-5-6-7-8-9-10-11-12-13-14-15-16(17)19-18;/h4*16-18H,2-15H2,1H3;/q;;;;+4/p-4. The van der Waals surface area contributed by atoms with E-state index in [9.17, 15) is 20.4 Å². The van der Waals surface area contributed by atoms with Gasteiger partial charge in [0.25, 0.3) is 0 Å². The van der Waals surface area contributed by atoms with Crippen molar-refractivity contribution in [2.24, 2.45) is 0 Å². The van der Waals surface area contributed by atoms with Crippen LogP contribution in [0.15, 0.2) is 0 Å². The predicted octanol–water partition coefficient (Wildman–Crippen LogP) is 20.8. The van der Waals surface area contributed by atoms with Crippen LogP contribution < -0.4 is 0 Å². The molecule has 0 radical (unpaired) electrons. The molecular weight excluding hydrogens is 1010 g/mol. The second-order valence-corrected chi connectivity index (χ2v) is 25.8. The number of hydrogen-bond donors (Lipinski definition) is 4. The number of hydrogen-bond acceptors (Lipinski definition) is 12. The van der Waals surface area contributed by atoms with Gasteiger partial charge in [0.15, 0.2) is 0 Å². The van der Waals surface area contributed by atoms with Gasteiger partial charge in [-0.15, -0.1) is 0 Å². The van der Waals surface area contributed by atoms with Crippen LogP contribution in [0.5, 0.6) is 0 Å². The summed E-state index contributed by atoms with van der Waals surface area (Å²) in [6.45, 7) is 9.04. The van der Waals surface area contributed by atoms with Crippen LogP contribution in [0.2, 0.25) is 0 Å². The number of rotatable bonds is 68. The molecule has 0 saturated carbocycles. The topological polar surface area (TPSA) is 155 Å². The molecule has 4 atom stereocenters. The molecule has 13 heteroatoms. The third-order valence-corrected chi connectivity index (χ3v) is 17.1. The van der Waals surface area contributed by atoms with Crippen molar-refractivity contribution in [3.63, 3.8) is 0 Å². The minimum atomic E-state index is -5.61. The summed E-state index contributed by atoms with van der Waals surface area (Å²) < 4.78 is 22.5. The molecule has 0 saturated heterocycles. The van der Waals surface area contributed by atoms with Crippen LogP contribution in [-0.2, 0) is 51.6 Å². The Bertz CT molecular complexity index is 931. The first-order valence-electron chi connectivity index (χ1n) is 33.9. The number of aliphatic hydroxyl groups is 4. The maximum atomic E-state index is 10.9. The van der Waals surface area contributed by atoms with Gasteiger partial charge in [-0.2, -0.15) is 0 Å². The van der Waals surface area contributed by atoms with Gasteiger partial charge >= 0.3 is 328 Å². The SMILES string of the molecule is CCCCCCCCCCCCCCCC(O)O[O][Ti]([O]OC(O)CCCCCCCCCCCCCCC)([O]OC(O)CCCCCCCCCCCCCCC)[O]OC(O)CCCCCCCCCCCCCCC. The van der Waals surface area contributed by atoms with Crippen LogP contribution in [0, 0.1) is 0 Å². The number of unbranched alkanes of at least 4 members (excludes halogenated alkanes) is 48. The Morgan fingerprint density at radius 2 is 0.312 bits per heavy atom. The van der Waals surface area contributed by atoms with E-state index in [1.165, 1.54) is 231 Å². The molecule has 0 rings (SSSR count). The molecule has 0 amide bonds. The molecule has 4 N–H and O–H groups in total. The molecule has 4 unspecified atom stereocenters. The van der Waals surface area contributed by atoms with Crippen molar-refractivity contribution in [1.29, 1.82) is 0 Å². The smallest absolute Gasteiger partial charge is 0.0654 e. The molecule has 0 bridgehead atoms. The summed E-state index contributed by atoms with van der Waals surface area (Å²) in [6.07, 6.45) is 58.4. The fourth-order valence-electron chi connectivity index (χ4n) is 10.1. The molecule has 0 fully saturated rings. The van der Waals surface area contributed by atoms with Crippen molar-refractivity contribution >= 4 is 0 Å². The zero-order chi connectivity index (χ0) is 56.1. The van der Waals surface area contributed by atoms with Gasteiger partial charge in [0.2, 0.25) is 0 Å². The molecule has 77 heavy (non-hydrogen) atoms. The van der Waals surface area contributed by atoms with E-state index in [0.29, 0.717) is 25.7 Å². The van der Waals surface area contributed by atoms with Crippen molar-refractivity contribution in [2.75, 3.05) is 0 Å². The minimum absolute atomic E-state index is 0.281. The number of aliphatic hydroxyl groups excluding tert-OH is 4. The molecule has 0 aromatic rings. The van der Waals surface area contributed by atoms with E-state index in [2.05, 4.69) is 27.7 Å². The third kappa shape index (κ3) is 59.2. The Kier molecular flexibility index (Phi) is 64.0. The quantitative estimate of drug-likeness (QED) is 0.0151. The molecule has 12 nitrogen and oxygen atoms in total. The first-order chi connectivity index (χ1) is 37.8.